The molecule has 1 aromatic carbocycles. The zero-order valence-corrected chi connectivity index (χ0v) is 13.6. The van der Waals surface area contributed by atoms with Crippen molar-refractivity contribution in [2.75, 3.05) is 13.2 Å². The Bertz CT molecular complexity index is 669. The second kappa shape index (κ2) is 8.04. The lowest BCUT2D eigenvalue weighted by atomic mass is 10.1. The van der Waals surface area contributed by atoms with E-state index in [2.05, 4.69) is 9.88 Å². The maximum atomic E-state index is 11.5. The van der Waals surface area contributed by atoms with Crippen LogP contribution in [0.3, 0.4) is 0 Å². The molecule has 1 aliphatic rings. The summed E-state index contributed by atoms with van der Waals surface area (Å²) in [7, 11) is 0. The minimum absolute atomic E-state index is 0.226. The van der Waals surface area contributed by atoms with E-state index in [9.17, 15) is 9.90 Å². The molecule has 24 heavy (non-hydrogen) atoms. The van der Waals surface area contributed by atoms with Gasteiger partial charge in [0.1, 0.15) is 0 Å². The smallest absolute Gasteiger partial charge is 0.336 e. The number of pyridine rings is 1. The lowest BCUT2D eigenvalue weighted by molar-refractivity contribution is 0.0661. The second-order valence-electron chi connectivity index (χ2n) is 6.12. The fraction of sp³-hybridized carbons (Fsp3) is 0.368. The average Bonchev–Trinajstić information content (AvgIpc) is 3.09. The lowest BCUT2D eigenvalue weighted by Gasteiger charge is -2.26. The first-order valence-electron chi connectivity index (χ1n) is 8.26. The van der Waals surface area contributed by atoms with Crippen LogP contribution in [0.2, 0.25) is 0 Å². The van der Waals surface area contributed by atoms with E-state index in [1.165, 1.54) is 0 Å². The van der Waals surface area contributed by atoms with E-state index < -0.39 is 5.97 Å². The highest BCUT2D eigenvalue weighted by atomic mass is 16.5. The third-order valence-corrected chi connectivity index (χ3v) is 4.28. The van der Waals surface area contributed by atoms with Crippen LogP contribution in [0.25, 0.3) is 0 Å². The van der Waals surface area contributed by atoms with Gasteiger partial charge in [-0.3, -0.25) is 9.88 Å². The zero-order valence-electron chi connectivity index (χ0n) is 13.6. The van der Waals surface area contributed by atoms with Crippen molar-refractivity contribution in [3.63, 3.8) is 0 Å². The summed E-state index contributed by atoms with van der Waals surface area (Å²) in [4.78, 5) is 17.8. The number of hydrogen-bond donors (Lipinski definition) is 1. The van der Waals surface area contributed by atoms with Crippen LogP contribution in [-0.4, -0.2) is 40.2 Å². The molecule has 1 fully saturated rings. The van der Waals surface area contributed by atoms with Crippen molar-refractivity contribution < 1.29 is 14.6 Å². The summed E-state index contributed by atoms with van der Waals surface area (Å²) < 4.78 is 5.77. The Hall–Kier alpha value is -2.24. The van der Waals surface area contributed by atoms with E-state index in [1.54, 1.807) is 24.5 Å². The Labute approximate surface area is 141 Å². The molecule has 1 saturated heterocycles. The summed E-state index contributed by atoms with van der Waals surface area (Å²) in [6, 6.07) is 11.2. The van der Waals surface area contributed by atoms with Gasteiger partial charge in [-0.25, -0.2) is 4.79 Å². The molecule has 5 heteroatoms. The molecule has 5 nitrogen and oxygen atoms in total. The molecule has 1 aliphatic heterocycles. The van der Waals surface area contributed by atoms with Gasteiger partial charge >= 0.3 is 5.97 Å². The summed E-state index contributed by atoms with van der Waals surface area (Å²) in [6.07, 6.45) is 5.95. The maximum Gasteiger partial charge on any atom is 0.336 e. The minimum Gasteiger partial charge on any atom is -0.478 e. The third kappa shape index (κ3) is 4.40. The largest absolute Gasteiger partial charge is 0.478 e. The Kier molecular flexibility index (Phi) is 5.56. The maximum absolute atomic E-state index is 11.5. The molecule has 0 unspecified atom stereocenters. The summed E-state index contributed by atoms with van der Waals surface area (Å²) >= 11 is 0. The molecule has 126 valence electrons. The number of aromatic carboxylic acids is 1. The zero-order chi connectivity index (χ0) is 16.8. The molecular formula is C19H22N2O3. The van der Waals surface area contributed by atoms with E-state index in [0.717, 1.165) is 43.7 Å². The van der Waals surface area contributed by atoms with E-state index in [-0.39, 0.29) is 6.10 Å². The molecule has 2 heterocycles. The fourth-order valence-corrected chi connectivity index (χ4v) is 3.12. The van der Waals surface area contributed by atoms with Crippen molar-refractivity contribution in [1.82, 2.24) is 9.88 Å². The van der Waals surface area contributed by atoms with E-state index in [1.807, 2.05) is 24.3 Å². The van der Waals surface area contributed by atoms with Gasteiger partial charge in [0.25, 0.3) is 0 Å². The highest BCUT2D eigenvalue weighted by Crippen LogP contribution is 2.18. The van der Waals surface area contributed by atoms with Crippen LogP contribution in [0.4, 0.5) is 0 Å². The van der Waals surface area contributed by atoms with Gasteiger partial charge in [-0.2, -0.15) is 0 Å². The van der Waals surface area contributed by atoms with Crippen molar-refractivity contribution in [3.05, 3.63) is 65.5 Å². The Balaban J connectivity index is 1.77. The highest BCUT2D eigenvalue weighted by Gasteiger charge is 2.21. The van der Waals surface area contributed by atoms with Crippen molar-refractivity contribution in [3.8, 4) is 0 Å². The van der Waals surface area contributed by atoms with Gasteiger partial charge in [-0.1, -0.05) is 18.2 Å². The van der Waals surface area contributed by atoms with Crippen LogP contribution < -0.4 is 0 Å². The van der Waals surface area contributed by atoms with Gasteiger partial charge in [0.05, 0.1) is 11.7 Å². The van der Waals surface area contributed by atoms with Gasteiger partial charge in [0, 0.05) is 38.6 Å². The molecule has 2 aromatic rings. The van der Waals surface area contributed by atoms with Crippen LogP contribution in [0.15, 0.2) is 48.8 Å². The molecule has 0 aliphatic carbocycles. The minimum atomic E-state index is -0.883. The number of carboxylic acid groups (broad SMARTS) is 1. The van der Waals surface area contributed by atoms with Gasteiger partial charge in [0.15, 0.2) is 0 Å². The normalized spacial score (nSPS) is 17.3. The molecule has 1 aromatic heterocycles. The quantitative estimate of drug-likeness (QED) is 0.847. The number of rotatable bonds is 7. The Morgan fingerprint density at radius 2 is 2.00 bits per heavy atom. The number of ether oxygens (including phenoxy) is 1. The van der Waals surface area contributed by atoms with Crippen molar-refractivity contribution in [2.45, 2.75) is 32.0 Å². The molecule has 3 rings (SSSR count). The number of nitrogens with zero attached hydrogens (tertiary/aromatic N) is 2. The van der Waals surface area contributed by atoms with E-state index in [4.69, 9.17) is 4.74 Å². The summed E-state index contributed by atoms with van der Waals surface area (Å²) in [6.45, 7) is 2.96. The predicted octanol–water partition coefficient (Wildman–Crippen LogP) is 2.96. The van der Waals surface area contributed by atoms with Gasteiger partial charge in [0.2, 0.25) is 0 Å². The van der Waals surface area contributed by atoms with Crippen molar-refractivity contribution in [1.29, 1.82) is 0 Å². The van der Waals surface area contributed by atoms with Crippen LogP contribution in [0.1, 0.15) is 34.3 Å². The summed E-state index contributed by atoms with van der Waals surface area (Å²) in [5.74, 6) is -0.883. The number of carbonyl (C=O) groups is 1. The first-order chi connectivity index (χ1) is 11.7. The van der Waals surface area contributed by atoms with Crippen molar-refractivity contribution >= 4 is 5.97 Å². The predicted molar refractivity (Wildman–Crippen MR) is 90.7 cm³/mol. The number of aromatic nitrogens is 1. The van der Waals surface area contributed by atoms with E-state index >= 15 is 0 Å². The van der Waals surface area contributed by atoms with E-state index in [0.29, 0.717) is 12.1 Å². The highest BCUT2D eigenvalue weighted by molar-refractivity contribution is 5.89. The molecule has 1 N–H and O–H groups in total. The Morgan fingerprint density at radius 3 is 2.71 bits per heavy atom. The summed E-state index contributed by atoms with van der Waals surface area (Å²) in [5.41, 5.74) is 2.36. The van der Waals surface area contributed by atoms with Gasteiger partial charge in [-0.05, 0) is 42.2 Å². The fourth-order valence-electron chi connectivity index (χ4n) is 3.12. The average molecular weight is 326 g/mol. The molecule has 0 bridgehead atoms. The Morgan fingerprint density at radius 1 is 1.21 bits per heavy atom. The molecule has 0 spiro atoms. The number of benzene rings is 1. The lowest BCUT2D eigenvalue weighted by Crippen LogP contribution is -2.32. The van der Waals surface area contributed by atoms with Gasteiger partial charge in [-0.15, -0.1) is 0 Å². The monoisotopic (exact) mass is 326 g/mol. The third-order valence-electron chi connectivity index (χ3n) is 4.28. The van der Waals surface area contributed by atoms with Crippen molar-refractivity contribution in [2.24, 2.45) is 0 Å². The number of carboxylic acids is 1. The molecule has 0 radical (unpaired) electrons. The number of hydrogen-bond acceptors (Lipinski definition) is 4. The second-order valence-corrected chi connectivity index (χ2v) is 6.12. The molecule has 0 saturated carbocycles. The molecule has 1 atom stereocenters. The standard InChI is InChI=1S/C19H22N2O3/c22-19(23)18-6-2-1-4-16(18)13-21(14-17-5-3-11-24-17)12-15-7-9-20-10-8-15/h1-2,4,6-10,17H,3,5,11-14H2,(H,22,23)/t17-/m1/s1. The first kappa shape index (κ1) is 16.6. The first-order valence-corrected chi connectivity index (χ1v) is 8.26. The van der Waals surface area contributed by atoms with Crippen LogP contribution >= 0.6 is 0 Å². The van der Waals surface area contributed by atoms with Gasteiger partial charge < -0.3 is 9.84 Å². The van der Waals surface area contributed by atoms with Crippen LogP contribution in [0.5, 0.6) is 0 Å². The topological polar surface area (TPSA) is 62.7 Å². The van der Waals surface area contributed by atoms with Crippen LogP contribution in [0, 0.1) is 0 Å². The SMILES string of the molecule is O=C(O)c1ccccc1CN(Cc1ccncc1)C[C@H]1CCCO1. The summed E-state index contributed by atoms with van der Waals surface area (Å²) in [5, 5.41) is 9.40. The molecular weight excluding hydrogens is 304 g/mol. The van der Waals surface area contributed by atoms with Crippen LogP contribution in [-0.2, 0) is 17.8 Å². The molecule has 0 amide bonds.